The monoisotopic (exact) mass is 610 g/mol. The maximum atomic E-state index is 13.6. The van der Waals surface area contributed by atoms with Crippen molar-refractivity contribution in [2.45, 2.75) is 45.4 Å². The van der Waals surface area contributed by atoms with Crippen molar-refractivity contribution in [1.82, 2.24) is 30.2 Å². The van der Waals surface area contributed by atoms with E-state index in [1.165, 1.54) is 17.2 Å². The molecule has 0 aliphatic rings. The molecule has 0 N–H and O–H groups in total. The molecule has 0 saturated heterocycles. The highest BCUT2D eigenvalue weighted by Gasteiger charge is 2.10. The first-order chi connectivity index (χ1) is 22.6. The normalized spacial score (nSPS) is 10.1. The van der Waals surface area contributed by atoms with Crippen LogP contribution in [-0.4, -0.2) is 30.2 Å². The second-order valence-electron chi connectivity index (χ2n) is 10.1. The summed E-state index contributed by atoms with van der Waals surface area (Å²) in [5, 5.41) is 7.92. The quantitative estimate of drug-likeness (QED) is 0.179. The number of hydrogen-bond donors (Lipinski definition) is 0. The molecule has 0 unspecified atom stereocenters. The Labute approximate surface area is 267 Å². The first-order valence-corrected chi connectivity index (χ1v) is 14.8. The highest BCUT2D eigenvalue weighted by atomic mass is 19.1. The van der Waals surface area contributed by atoms with Gasteiger partial charge in [0.15, 0.2) is 11.6 Å². The second kappa shape index (κ2) is 16.8. The van der Waals surface area contributed by atoms with E-state index in [9.17, 15) is 4.39 Å². The summed E-state index contributed by atoms with van der Waals surface area (Å²) >= 11 is 0. The Morgan fingerprint density at radius 1 is 0.609 bits per heavy atom. The molecule has 0 spiro atoms. The molecule has 228 valence electrons. The van der Waals surface area contributed by atoms with E-state index in [-0.39, 0.29) is 5.82 Å². The van der Waals surface area contributed by atoms with Gasteiger partial charge in [0.25, 0.3) is 0 Å². The molecular weight excluding hydrogens is 579 g/mol. The highest BCUT2D eigenvalue weighted by Crippen LogP contribution is 2.13. The number of pyridine rings is 2. The van der Waals surface area contributed by atoms with E-state index < -0.39 is 0 Å². The molecular formula is C37H31FN6O2. The van der Waals surface area contributed by atoms with Crippen molar-refractivity contribution >= 4 is 0 Å². The molecule has 0 atom stereocenters. The predicted molar refractivity (Wildman–Crippen MR) is 171 cm³/mol. The smallest absolute Gasteiger partial charge is 0.227 e. The SMILES string of the molecule is Cc1ccccc1Cc1noc(CCC#Cc2ccccn2)n1.Fc1ccccc1Cc1noc(CCC#Cc2ccccn2)n1. The summed E-state index contributed by atoms with van der Waals surface area (Å²) in [6.45, 7) is 2.09. The van der Waals surface area contributed by atoms with Crippen LogP contribution in [0.1, 0.15) is 64.4 Å². The Morgan fingerprint density at radius 2 is 1.11 bits per heavy atom. The van der Waals surface area contributed by atoms with Gasteiger partial charge in [0.1, 0.15) is 17.2 Å². The van der Waals surface area contributed by atoms with E-state index in [1.807, 2.05) is 48.5 Å². The second-order valence-corrected chi connectivity index (χ2v) is 10.1. The van der Waals surface area contributed by atoms with Crippen LogP contribution in [0, 0.1) is 36.4 Å². The van der Waals surface area contributed by atoms with Crippen molar-refractivity contribution in [3.05, 3.63) is 155 Å². The Morgan fingerprint density at radius 3 is 1.63 bits per heavy atom. The minimum Gasteiger partial charge on any atom is -0.339 e. The maximum absolute atomic E-state index is 13.6. The van der Waals surface area contributed by atoms with E-state index in [0.29, 0.717) is 67.5 Å². The Kier molecular flexibility index (Phi) is 11.5. The topological polar surface area (TPSA) is 104 Å². The molecule has 0 bridgehead atoms. The first-order valence-electron chi connectivity index (χ1n) is 14.8. The highest BCUT2D eigenvalue weighted by molar-refractivity contribution is 5.29. The minimum atomic E-state index is -0.264. The molecule has 0 amide bonds. The summed E-state index contributed by atoms with van der Waals surface area (Å²) in [6, 6.07) is 26.1. The van der Waals surface area contributed by atoms with Crippen LogP contribution in [-0.2, 0) is 25.7 Å². The lowest BCUT2D eigenvalue weighted by molar-refractivity contribution is 0.374. The molecule has 0 aliphatic heterocycles. The zero-order chi connectivity index (χ0) is 31.8. The average Bonchev–Trinajstić information content (AvgIpc) is 3.74. The lowest BCUT2D eigenvalue weighted by atomic mass is 10.1. The maximum Gasteiger partial charge on any atom is 0.227 e. The standard InChI is InChI=1S/C19H17N3O.C18H14FN3O/c1-15-8-2-3-9-16(15)14-18-21-19(23-22-18)12-5-4-10-17-11-6-7-13-20-17;19-16-10-3-1-7-14(16)13-17-21-18(23-22-17)11-4-2-8-15-9-5-6-12-20-15/h2-3,6-9,11,13H,5,12,14H2,1H3;1,3,5-7,9-10,12H,4,11,13H2. The molecule has 0 fully saturated rings. The molecule has 4 aromatic heterocycles. The third kappa shape index (κ3) is 10.1. The molecule has 0 aliphatic carbocycles. The molecule has 0 saturated carbocycles. The summed E-state index contributed by atoms with van der Waals surface area (Å²) in [6.07, 6.45) is 6.92. The van der Waals surface area contributed by atoms with Crippen molar-refractivity contribution in [2.24, 2.45) is 0 Å². The number of hydrogen-bond acceptors (Lipinski definition) is 8. The van der Waals surface area contributed by atoms with Crippen LogP contribution in [0.3, 0.4) is 0 Å². The van der Waals surface area contributed by atoms with Crippen LogP contribution in [0.25, 0.3) is 0 Å². The van der Waals surface area contributed by atoms with E-state index in [4.69, 9.17) is 9.05 Å². The van der Waals surface area contributed by atoms with Gasteiger partial charge in [0.05, 0.1) is 0 Å². The van der Waals surface area contributed by atoms with Gasteiger partial charge >= 0.3 is 0 Å². The number of aryl methyl sites for hydroxylation is 3. The van der Waals surface area contributed by atoms with E-state index in [0.717, 1.165) is 11.4 Å². The average molecular weight is 611 g/mol. The Bertz CT molecular complexity index is 1810. The molecule has 9 heteroatoms. The van der Waals surface area contributed by atoms with Crippen LogP contribution in [0.15, 0.2) is 106 Å². The van der Waals surface area contributed by atoms with Crippen molar-refractivity contribution in [1.29, 1.82) is 0 Å². The number of nitrogens with zero attached hydrogens (tertiary/aromatic N) is 6. The fourth-order valence-corrected chi connectivity index (χ4v) is 4.24. The number of benzene rings is 2. The van der Waals surface area contributed by atoms with Crippen LogP contribution in [0.5, 0.6) is 0 Å². The fraction of sp³-hybridized carbons (Fsp3) is 0.189. The molecule has 6 rings (SSSR count). The molecule has 46 heavy (non-hydrogen) atoms. The van der Waals surface area contributed by atoms with Gasteiger partial charge in [0, 0.05) is 50.9 Å². The Balaban J connectivity index is 0.000000181. The van der Waals surface area contributed by atoms with Crippen molar-refractivity contribution in [3.63, 3.8) is 0 Å². The molecule has 2 aromatic carbocycles. The summed E-state index contributed by atoms with van der Waals surface area (Å²) in [7, 11) is 0. The van der Waals surface area contributed by atoms with Gasteiger partial charge in [-0.1, -0.05) is 76.8 Å². The summed E-state index contributed by atoms with van der Waals surface area (Å²) in [5.74, 6) is 14.1. The lowest BCUT2D eigenvalue weighted by Gasteiger charge is -2.00. The van der Waals surface area contributed by atoms with Gasteiger partial charge in [-0.2, -0.15) is 9.97 Å². The fourth-order valence-electron chi connectivity index (χ4n) is 4.24. The van der Waals surface area contributed by atoms with Crippen LogP contribution < -0.4 is 0 Å². The van der Waals surface area contributed by atoms with Gasteiger partial charge < -0.3 is 9.05 Å². The van der Waals surface area contributed by atoms with Crippen molar-refractivity contribution in [2.75, 3.05) is 0 Å². The van der Waals surface area contributed by atoms with Gasteiger partial charge in [-0.05, 0) is 65.8 Å². The summed E-state index contributed by atoms with van der Waals surface area (Å²) < 4.78 is 24.0. The van der Waals surface area contributed by atoms with Crippen LogP contribution in [0.4, 0.5) is 4.39 Å². The predicted octanol–water partition coefficient (Wildman–Crippen LogP) is 6.53. The van der Waals surface area contributed by atoms with Crippen LogP contribution >= 0.6 is 0 Å². The summed E-state index contributed by atoms with van der Waals surface area (Å²) in [4.78, 5) is 17.0. The zero-order valence-electron chi connectivity index (χ0n) is 25.4. The van der Waals surface area contributed by atoms with Gasteiger partial charge in [-0.3, -0.25) is 0 Å². The van der Waals surface area contributed by atoms with E-state index >= 15 is 0 Å². The lowest BCUT2D eigenvalue weighted by Crippen LogP contribution is -1.94. The van der Waals surface area contributed by atoms with E-state index in [2.05, 4.69) is 73.0 Å². The Hall–Kier alpha value is -5.93. The van der Waals surface area contributed by atoms with Crippen LogP contribution in [0.2, 0.25) is 0 Å². The first kappa shape index (κ1) is 31.5. The minimum absolute atomic E-state index is 0.264. The van der Waals surface area contributed by atoms with Crippen molar-refractivity contribution < 1.29 is 13.4 Å². The van der Waals surface area contributed by atoms with Gasteiger partial charge in [-0.15, -0.1) is 0 Å². The third-order valence-electron chi connectivity index (χ3n) is 6.63. The number of halogens is 1. The van der Waals surface area contributed by atoms with Crippen molar-refractivity contribution in [3.8, 4) is 23.7 Å². The largest absolute Gasteiger partial charge is 0.339 e. The molecule has 0 radical (unpaired) electrons. The zero-order valence-corrected chi connectivity index (χ0v) is 25.4. The molecule has 6 aromatic rings. The van der Waals surface area contributed by atoms with Gasteiger partial charge in [0.2, 0.25) is 11.8 Å². The number of aromatic nitrogens is 6. The third-order valence-corrected chi connectivity index (χ3v) is 6.63. The van der Waals surface area contributed by atoms with Gasteiger partial charge in [-0.25, -0.2) is 14.4 Å². The molecule has 8 nitrogen and oxygen atoms in total. The number of rotatable bonds is 8. The molecule has 4 heterocycles. The van der Waals surface area contributed by atoms with E-state index in [1.54, 1.807) is 30.6 Å². The summed E-state index contributed by atoms with van der Waals surface area (Å²) in [5.41, 5.74) is 4.52.